The molecule has 1 aromatic heterocycles. The van der Waals surface area contributed by atoms with Crippen molar-refractivity contribution in [2.24, 2.45) is 0 Å². The van der Waals surface area contributed by atoms with E-state index >= 15 is 0 Å². The molecule has 0 spiro atoms. The van der Waals surface area contributed by atoms with E-state index < -0.39 is 0 Å². The number of hydrogen-bond donors (Lipinski definition) is 1. The molecule has 1 aromatic rings. The Morgan fingerprint density at radius 1 is 1.75 bits per heavy atom. The second kappa shape index (κ2) is 4.66. The molecule has 1 rings (SSSR count). The summed E-state index contributed by atoms with van der Waals surface area (Å²) in [7, 11) is 0. The fraction of sp³-hybridized carbons (Fsp3) is 0.500. The van der Waals surface area contributed by atoms with Gasteiger partial charge in [0.15, 0.2) is 0 Å². The number of H-pyrrole nitrogens is 1. The predicted molar refractivity (Wildman–Crippen MR) is 43.5 cm³/mol. The molecular formula is C8H12N2O2. The third-order valence-corrected chi connectivity index (χ3v) is 1.40. The normalized spacial score (nSPS) is 10.1. The van der Waals surface area contributed by atoms with Crippen molar-refractivity contribution in [1.29, 1.82) is 0 Å². The van der Waals surface area contributed by atoms with Crippen molar-refractivity contribution in [1.82, 2.24) is 9.97 Å². The minimum Gasteiger partial charge on any atom is -0.375 e. The van der Waals surface area contributed by atoms with Crippen molar-refractivity contribution in [2.75, 3.05) is 6.61 Å². The molecule has 0 atom stereocenters. The number of Topliss-reactive ketones (excluding diaryl/α,β-unsaturated/α-hetero) is 1. The van der Waals surface area contributed by atoms with E-state index in [1.54, 1.807) is 19.4 Å². The molecule has 0 bridgehead atoms. The fourth-order valence-corrected chi connectivity index (χ4v) is 0.762. The number of ether oxygens (including phenoxy) is 1. The van der Waals surface area contributed by atoms with Gasteiger partial charge < -0.3 is 9.72 Å². The SMILES string of the molecule is CC(=O)CCOCc1c[nH]cn1. The van der Waals surface area contributed by atoms with Gasteiger partial charge in [-0.25, -0.2) is 4.98 Å². The van der Waals surface area contributed by atoms with Crippen molar-refractivity contribution < 1.29 is 9.53 Å². The molecule has 0 aliphatic rings. The Morgan fingerprint density at radius 3 is 3.17 bits per heavy atom. The smallest absolute Gasteiger partial charge is 0.132 e. The van der Waals surface area contributed by atoms with Gasteiger partial charge in [0.05, 0.1) is 25.2 Å². The molecule has 0 fully saturated rings. The Balaban J connectivity index is 2.07. The molecule has 0 saturated carbocycles. The van der Waals surface area contributed by atoms with E-state index in [1.165, 1.54) is 0 Å². The summed E-state index contributed by atoms with van der Waals surface area (Å²) in [6.45, 7) is 2.50. The highest BCUT2D eigenvalue weighted by atomic mass is 16.5. The highest BCUT2D eigenvalue weighted by Crippen LogP contribution is 1.94. The van der Waals surface area contributed by atoms with Gasteiger partial charge in [-0.2, -0.15) is 0 Å². The van der Waals surface area contributed by atoms with E-state index in [9.17, 15) is 4.79 Å². The Hall–Kier alpha value is -1.16. The summed E-state index contributed by atoms with van der Waals surface area (Å²) in [5.74, 6) is 0.150. The van der Waals surface area contributed by atoms with Gasteiger partial charge in [0.25, 0.3) is 0 Å². The largest absolute Gasteiger partial charge is 0.375 e. The van der Waals surface area contributed by atoms with Gasteiger partial charge in [-0.1, -0.05) is 0 Å². The molecule has 1 N–H and O–H groups in total. The lowest BCUT2D eigenvalue weighted by Crippen LogP contribution is -2.00. The number of aromatic nitrogens is 2. The number of rotatable bonds is 5. The van der Waals surface area contributed by atoms with Crippen molar-refractivity contribution in [3.05, 3.63) is 18.2 Å². The number of imidazole rings is 1. The third kappa shape index (κ3) is 3.30. The fourth-order valence-electron chi connectivity index (χ4n) is 0.762. The summed E-state index contributed by atoms with van der Waals surface area (Å²) in [6.07, 6.45) is 3.85. The second-order valence-corrected chi connectivity index (χ2v) is 2.57. The van der Waals surface area contributed by atoms with Crippen LogP contribution in [-0.2, 0) is 16.1 Å². The predicted octanol–water partition coefficient (Wildman–Crippen LogP) is 0.905. The topological polar surface area (TPSA) is 55.0 Å². The standard InChI is InChI=1S/C8H12N2O2/c1-7(11)2-3-12-5-8-4-9-6-10-8/h4,6H,2-3,5H2,1H3,(H,9,10). The zero-order chi connectivity index (χ0) is 8.81. The highest BCUT2D eigenvalue weighted by molar-refractivity contribution is 5.75. The lowest BCUT2D eigenvalue weighted by molar-refractivity contribution is -0.118. The monoisotopic (exact) mass is 168 g/mol. The number of nitrogens with one attached hydrogen (secondary N) is 1. The molecule has 0 radical (unpaired) electrons. The van der Waals surface area contributed by atoms with Gasteiger partial charge in [-0.15, -0.1) is 0 Å². The minimum absolute atomic E-state index is 0.150. The first-order valence-electron chi connectivity index (χ1n) is 3.84. The number of ketones is 1. The van der Waals surface area contributed by atoms with Gasteiger partial charge >= 0.3 is 0 Å². The quantitative estimate of drug-likeness (QED) is 0.665. The third-order valence-electron chi connectivity index (χ3n) is 1.40. The van der Waals surface area contributed by atoms with E-state index in [-0.39, 0.29) is 5.78 Å². The molecule has 0 unspecified atom stereocenters. The number of carbonyl (C=O) groups is 1. The Labute approximate surface area is 71.0 Å². The van der Waals surface area contributed by atoms with Crippen molar-refractivity contribution in [3.8, 4) is 0 Å². The molecule has 0 aliphatic heterocycles. The van der Waals surface area contributed by atoms with Crippen LogP contribution < -0.4 is 0 Å². The highest BCUT2D eigenvalue weighted by Gasteiger charge is 1.95. The summed E-state index contributed by atoms with van der Waals surface area (Å²) in [6, 6.07) is 0. The van der Waals surface area contributed by atoms with Crippen LogP contribution in [0.5, 0.6) is 0 Å². The maximum absolute atomic E-state index is 10.5. The molecule has 12 heavy (non-hydrogen) atoms. The van der Waals surface area contributed by atoms with Gasteiger partial charge in [0.2, 0.25) is 0 Å². The van der Waals surface area contributed by atoms with Gasteiger partial charge in [0, 0.05) is 12.6 Å². The molecule has 4 nitrogen and oxygen atoms in total. The molecule has 0 saturated heterocycles. The maximum Gasteiger partial charge on any atom is 0.132 e. The van der Waals surface area contributed by atoms with Crippen LogP contribution in [-0.4, -0.2) is 22.4 Å². The van der Waals surface area contributed by atoms with Gasteiger partial charge in [0.1, 0.15) is 5.78 Å². The lowest BCUT2D eigenvalue weighted by atomic mass is 10.3. The average Bonchev–Trinajstić information content (AvgIpc) is 2.49. The molecule has 0 aromatic carbocycles. The molecule has 4 heteroatoms. The van der Waals surface area contributed by atoms with E-state index in [0.29, 0.717) is 19.6 Å². The van der Waals surface area contributed by atoms with E-state index in [0.717, 1.165) is 5.69 Å². The van der Waals surface area contributed by atoms with Crippen LogP contribution in [0.2, 0.25) is 0 Å². The first kappa shape index (κ1) is 8.93. The summed E-state index contributed by atoms with van der Waals surface area (Å²) < 4.78 is 5.19. The first-order chi connectivity index (χ1) is 5.79. The van der Waals surface area contributed by atoms with E-state index in [4.69, 9.17) is 4.74 Å². The average molecular weight is 168 g/mol. The van der Waals surface area contributed by atoms with Crippen LogP contribution in [0.3, 0.4) is 0 Å². The van der Waals surface area contributed by atoms with Crippen molar-refractivity contribution in [3.63, 3.8) is 0 Å². The van der Waals surface area contributed by atoms with Crippen LogP contribution in [0, 0.1) is 0 Å². The van der Waals surface area contributed by atoms with E-state index in [2.05, 4.69) is 9.97 Å². The molecular weight excluding hydrogens is 156 g/mol. The van der Waals surface area contributed by atoms with Gasteiger partial charge in [-0.3, -0.25) is 4.79 Å². The lowest BCUT2D eigenvalue weighted by Gasteiger charge is -1.98. The Bertz CT molecular complexity index is 231. The van der Waals surface area contributed by atoms with E-state index in [1.807, 2.05) is 0 Å². The second-order valence-electron chi connectivity index (χ2n) is 2.57. The zero-order valence-corrected chi connectivity index (χ0v) is 7.04. The molecule has 1 heterocycles. The van der Waals surface area contributed by atoms with Crippen molar-refractivity contribution >= 4 is 5.78 Å². The van der Waals surface area contributed by atoms with Crippen LogP contribution in [0.25, 0.3) is 0 Å². The first-order valence-corrected chi connectivity index (χ1v) is 3.84. The Kier molecular flexibility index (Phi) is 3.47. The summed E-state index contributed by atoms with van der Waals surface area (Å²) in [4.78, 5) is 17.3. The number of hydrogen-bond acceptors (Lipinski definition) is 3. The number of carbonyl (C=O) groups excluding carboxylic acids is 1. The summed E-state index contributed by atoms with van der Waals surface area (Å²) >= 11 is 0. The Morgan fingerprint density at radius 2 is 2.58 bits per heavy atom. The summed E-state index contributed by atoms with van der Waals surface area (Å²) in [5, 5.41) is 0. The van der Waals surface area contributed by atoms with Crippen LogP contribution >= 0.6 is 0 Å². The molecule has 66 valence electrons. The zero-order valence-electron chi connectivity index (χ0n) is 7.04. The molecule has 0 aliphatic carbocycles. The van der Waals surface area contributed by atoms with Gasteiger partial charge in [-0.05, 0) is 6.92 Å². The number of nitrogens with zero attached hydrogens (tertiary/aromatic N) is 1. The summed E-state index contributed by atoms with van der Waals surface area (Å²) in [5.41, 5.74) is 0.860. The van der Waals surface area contributed by atoms with Crippen molar-refractivity contribution in [2.45, 2.75) is 20.0 Å². The maximum atomic E-state index is 10.5. The van der Waals surface area contributed by atoms with Crippen LogP contribution in [0.15, 0.2) is 12.5 Å². The molecule has 0 amide bonds. The van der Waals surface area contributed by atoms with Crippen LogP contribution in [0.4, 0.5) is 0 Å². The number of aromatic amines is 1. The minimum atomic E-state index is 0.150. The van der Waals surface area contributed by atoms with Crippen LogP contribution in [0.1, 0.15) is 19.0 Å².